The van der Waals surface area contributed by atoms with Crippen LogP contribution in [0.2, 0.25) is 0 Å². The second-order valence-electron chi connectivity index (χ2n) is 4.20. The van der Waals surface area contributed by atoms with E-state index in [1.165, 1.54) is 24.3 Å². The van der Waals surface area contributed by atoms with Gasteiger partial charge in [0.15, 0.2) is 0 Å². The van der Waals surface area contributed by atoms with E-state index in [9.17, 15) is 17.6 Å². The average molecular weight is 364 g/mol. The maximum absolute atomic E-state index is 13.1. The van der Waals surface area contributed by atoms with Crippen LogP contribution in [-0.4, -0.2) is 0 Å². The number of hydrogen-bond acceptors (Lipinski definition) is 2. The van der Waals surface area contributed by atoms with E-state index in [1.54, 1.807) is 0 Å². The zero-order valence-corrected chi connectivity index (χ0v) is 12.1. The molecule has 2 aromatic carbocycles. The van der Waals surface area contributed by atoms with Crippen LogP contribution in [-0.2, 0) is 12.7 Å². The molecule has 0 aliphatic heterocycles. The summed E-state index contributed by atoms with van der Waals surface area (Å²) < 4.78 is 57.6. The van der Waals surface area contributed by atoms with E-state index in [-0.39, 0.29) is 23.6 Å². The summed E-state index contributed by atoms with van der Waals surface area (Å²) in [7, 11) is 0. The van der Waals surface area contributed by atoms with E-state index < -0.39 is 17.6 Å². The van der Waals surface area contributed by atoms with Crippen molar-refractivity contribution in [3.8, 4) is 11.5 Å². The molecule has 2 N–H and O–H groups in total. The zero-order valence-electron chi connectivity index (χ0n) is 10.5. The molecule has 112 valence electrons. The molecule has 2 nitrogen and oxygen atoms in total. The summed E-state index contributed by atoms with van der Waals surface area (Å²) in [5.74, 6) is -0.516. The van der Waals surface area contributed by atoms with E-state index >= 15 is 0 Å². The number of alkyl halides is 3. The molecule has 0 unspecified atom stereocenters. The Labute approximate surface area is 126 Å². The van der Waals surface area contributed by atoms with E-state index in [0.29, 0.717) is 4.47 Å². The standard InChI is InChI=1S/C14H10BrF4NO/c15-12-4-2-9(16)5-13(12)21-10-3-1-8(7-20)11(6-10)14(17,18)19/h1-6H,7,20H2. The van der Waals surface area contributed by atoms with Gasteiger partial charge >= 0.3 is 6.18 Å². The predicted octanol–water partition coefficient (Wildman–Crippen LogP) is 4.86. The molecule has 2 aromatic rings. The minimum absolute atomic E-state index is 0.0341. The smallest absolute Gasteiger partial charge is 0.416 e. The minimum Gasteiger partial charge on any atom is -0.456 e. The van der Waals surface area contributed by atoms with Gasteiger partial charge in [0.1, 0.15) is 17.3 Å². The van der Waals surface area contributed by atoms with Crippen LogP contribution in [0, 0.1) is 5.82 Å². The Morgan fingerprint density at radius 2 is 1.81 bits per heavy atom. The Balaban J connectivity index is 2.39. The van der Waals surface area contributed by atoms with Crippen LogP contribution in [0.25, 0.3) is 0 Å². The van der Waals surface area contributed by atoms with Crippen molar-refractivity contribution < 1.29 is 22.3 Å². The molecule has 21 heavy (non-hydrogen) atoms. The van der Waals surface area contributed by atoms with Crippen molar-refractivity contribution in [2.24, 2.45) is 5.73 Å². The Morgan fingerprint density at radius 1 is 1.10 bits per heavy atom. The van der Waals surface area contributed by atoms with Gasteiger partial charge in [0.2, 0.25) is 0 Å². The van der Waals surface area contributed by atoms with Crippen molar-refractivity contribution in [3.05, 3.63) is 57.8 Å². The second kappa shape index (κ2) is 6.03. The fourth-order valence-corrected chi connectivity index (χ4v) is 2.07. The van der Waals surface area contributed by atoms with E-state index in [1.807, 2.05) is 0 Å². The summed E-state index contributed by atoms with van der Waals surface area (Å²) in [4.78, 5) is 0. The third kappa shape index (κ3) is 3.74. The van der Waals surface area contributed by atoms with Crippen LogP contribution in [0.4, 0.5) is 17.6 Å². The van der Waals surface area contributed by atoms with Gasteiger partial charge in [-0.05, 0) is 45.8 Å². The van der Waals surface area contributed by atoms with Gasteiger partial charge in [-0.3, -0.25) is 0 Å². The lowest BCUT2D eigenvalue weighted by molar-refractivity contribution is -0.138. The first-order valence-electron chi connectivity index (χ1n) is 5.84. The van der Waals surface area contributed by atoms with E-state index in [4.69, 9.17) is 10.5 Å². The maximum Gasteiger partial charge on any atom is 0.416 e. The van der Waals surface area contributed by atoms with E-state index in [2.05, 4.69) is 15.9 Å². The Bertz CT molecular complexity index is 658. The molecular weight excluding hydrogens is 354 g/mol. The fraction of sp³-hybridized carbons (Fsp3) is 0.143. The van der Waals surface area contributed by atoms with Gasteiger partial charge in [-0.25, -0.2) is 4.39 Å². The monoisotopic (exact) mass is 363 g/mol. The highest BCUT2D eigenvalue weighted by Gasteiger charge is 2.33. The van der Waals surface area contributed by atoms with Crippen molar-refractivity contribution in [1.82, 2.24) is 0 Å². The second-order valence-corrected chi connectivity index (χ2v) is 5.05. The molecule has 0 aliphatic rings. The van der Waals surface area contributed by atoms with Crippen molar-refractivity contribution in [2.75, 3.05) is 0 Å². The van der Waals surface area contributed by atoms with Gasteiger partial charge in [-0.15, -0.1) is 0 Å². The SMILES string of the molecule is NCc1ccc(Oc2cc(F)ccc2Br)cc1C(F)(F)F. The highest BCUT2D eigenvalue weighted by molar-refractivity contribution is 9.10. The predicted molar refractivity (Wildman–Crippen MR) is 73.5 cm³/mol. The van der Waals surface area contributed by atoms with Gasteiger partial charge in [0.25, 0.3) is 0 Å². The van der Waals surface area contributed by atoms with Gasteiger partial charge in [0.05, 0.1) is 10.0 Å². The van der Waals surface area contributed by atoms with Crippen LogP contribution < -0.4 is 10.5 Å². The molecule has 0 fully saturated rings. The molecule has 0 saturated carbocycles. The van der Waals surface area contributed by atoms with Gasteiger partial charge in [-0.2, -0.15) is 13.2 Å². The van der Waals surface area contributed by atoms with Crippen molar-refractivity contribution in [1.29, 1.82) is 0 Å². The number of halogens is 5. The summed E-state index contributed by atoms with van der Waals surface area (Å²) in [5, 5.41) is 0. The minimum atomic E-state index is -4.53. The highest BCUT2D eigenvalue weighted by atomic mass is 79.9. The lowest BCUT2D eigenvalue weighted by Crippen LogP contribution is -2.12. The molecule has 0 aliphatic carbocycles. The van der Waals surface area contributed by atoms with E-state index in [0.717, 1.165) is 12.1 Å². The summed E-state index contributed by atoms with van der Waals surface area (Å²) in [5.41, 5.74) is 4.40. The first-order chi connectivity index (χ1) is 9.81. The Hall–Kier alpha value is -1.60. The number of hydrogen-bond donors (Lipinski definition) is 1. The van der Waals surface area contributed by atoms with Crippen LogP contribution in [0.1, 0.15) is 11.1 Å². The third-order valence-electron chi connectivity index (χ3n) is 2.73. The third-order valence-corrected chi connectivity index (χ3v) is 3.38. The molecule has 0 radical (unpaired) electrons. The number of rotatable bonds is 3. The summed E-state index contributed by atoms with van der Waals surface area (Å²) in [6.07, 6.45) is -4.53. The van der Waals surface area contributed by atoms with Gasteiger partial charge in [0, 0.05) is 12.6 Å². The fourth-order valence-electron chi connectivity index (χ4n) is 1.74. The van der Waals surface area contributed by atoms with Crippen molar-refractivity contribution >= 4 is 15.9 Å². The molecule has 0 aromatic heterocycles. The average Bonchev–Trinajstić information content (AvgIpc) is 2.42. The van der Waals surface area contributed by atoms with Crippen molar-refractivity contribution in [3.63, 3.8) is 0 Å². The van der Waals surface area contributed by atoms with Crippen LogP contribution in [0.3, 0.4) is 0 Å². The number of ether oxygens (including phenoxy) is 1. The van der Waals surface area contributed by atoms with Crippen LogP contribution >= 0.6 is 15.9 Å². The molecule has 0 saturated heterocycles. The first-order valence-corrected chi connectivity index (χ1v) is 6.63. The normalized spacial score (nSPS) is 11.5. The molecule has 0 heterocycles. The quantitative estimate of drug-likeness (QED) is 0.790. The summed E-state index contributed by atoms with van der Waals surface area (Å²) in [6.45, 7) is -0.237. The molecule has 0 atom stereocenters. The largest absolute Gasteiger partial charge is 0.456 e. The zero-order chi connectivity index (χ0) is 15.6. The lowest BCUT2D eigenvalue weighted by Gasteiger charge is -2.14. The molecule has 0 bridgehead atoms. The Morgan fingerprint density at radius 3 is 2.43 bits per heavy atom. The topological polar surface area (TPSA) is 35.2 Å². The molecule has 0 amide bonds. The molecular formula is C14H10BrF4NO. The number of benzene rings is 2. The van der Waals surface area contributed by atoms with Crippen molar-refractivity contribution in [2.45, 2.75) is 12.7 Å². The Kier molecular flexibility index (Phi) is 4.53. The molecule has 0 spiro atoms. The van der Waals surface area contributed by atoms with Crippen LogP contribution in [0.5, 0.6) is 11.5 Å². The lowest BCUT2D eigenvalue weighted by atomic mass is 10.1. The summed E-state index contributed by atoms with van der Waals surface area (Å²) in [6, 6.07) is 7.13. The molecule has 2 rings (SSSR count). The summed E-state index contributed by atoms with van der Waals surface area (Å²) >= 11 is 3.14. The highest BCUT2D eigenvalue weighted by Crippen LogP contribution is 2.36. The number of nitrogens with two attached hydrogens (primary N) is 1. The van der Waals surface area contributed by atoms with Gasteiger partial charge < -0.3 is 10.5 Å². The maximum atomic E-state index is 13.1. The van der Waals surface area contributed by atoms with Gasteiger partial charge in [-0.1, -0.05) is 6.07 Å². The first kappa shape index (κ1) is 15.8. The molecule has 7 heteroatoms. The van der Waals surface area contributed by atoms with Crippen LogP contribution in [0.15, 0.2) is 40.9 Å².